The highest BCUT2D eigenvalue weighted by Crippen LogP contribution is 2.32. The van der Waals surface area contributed by atoms with Gasteiger partial charge in [0.1, 0.15) is 5.82 Å². The Labute approximate surface area is 254 Å². The van der Waals surface area contributed by atoms with E-state index in [-0.39, 0.29) is 43.2 Å². The number of amides is 2. The summed E-state index contributed by atoms with van der Waals surface area (Å²) in [7, 11) is -3.85. The minimum atomic E-state index is -3.85. The van der Waals surface area contributed by atoms with Gasteiger partial charge in [-0.1, -0.05) is 39.4 Å². The summed E-state index contributed by atoms with van der Waals surface area (Å²) in [6.45, 7) is 2.64. The molecule has 0 spiro atoms. The van der Waals surface area contributed by atoms with Gasteiger partial charge in [-0.3, -0.25) is 4.79 Å². The first-order valence-electron chi connectivity index (χ1n) is 12.9. The minimum absolute atomic E-state index is 0.0230. The highest BCUT2D eigenvalue weighted by atomic mass is 79.9. The summed E-state index contributed by atoms with van der Waals surface area (Å²) in [5.41, 5.74) is 1.44. The van der Waals surface area contributed by atoms with Gasteiger partial charge in [-0.15, -0.1) is 0 Å². The average Bonchev–Trinajstić information content (AvgIpc) is 3.41. The molecule has 0 bridgehead atoms. The number of hydrogen-bond acceptors (Lipinski definition) is 8. The molecule has 0 unspecified atom stereocenters. The predicted octanol–water partition coefficient (Wildman–Crippen LogP) is 5.34. The second kappa shape index (κ2) is 12.7. The number of rotatable bonds is 7. The Kier molecular flexibility index (Phi) is 8.96. The van der Waals surface area contributed by atoms with Crippen molar-refractivity contribution in [3.8, 4) is 0 Å². The maximum absolute atomic E-state index is 13.7. The Hall–Kier alpha value is -3.72. The van der Waals surface area contributed by atoms with Crippen LogP contribution in [-0.2, 0) is 14.8 Å². The van der Waals surface area contributed by atoms with Gasteiger partial charge in [-0.2, -0.15) is 14.4 Å². The SMILES string of the molecule is CCOC(=O)N1CCN(S(=O)(=O)c2ccc(C(=O)N(/N=C/c3ccc(F)cc3)c3nc4ccc(Br)cc4s3)cc2)CC1. The number of carbonyl (C=O) groups excluding carboxylic acids is 2. The van der Waals surface area contributed by atoms with Crippen molar-refractivity contribution in [2.45, 2.75) is 11.8 Å². The van der Waals surface area contributed by atoms with Crippen molar-refractivity contribution in [3.63, 3.8) is 0 Å². The quantitative estimate of drug-likeness (QED) is 0.193. The number of hydrogen-bond donors (Lipinski definition) is 0. The Bertz CT molecular complexity index is 1740. The molecule has 0 aliphatic carbocycles. The molecule has 0 N–H and O–H groups in total. The molecule has 1 aromatic heterocycles. The first-order valence-corrected chi connectivity index (χ1v) is 15.9. The maximum atomic E-state index is 13.7. The van der Waals surface area contributed by atoms with Crippen LogP contribution in [-0.4, -0.2) is 73.6 Å². The highest BCUT2D eigenvalue weighted by Gasteiger charge is 2.31. The van der Waals surface area contributed by atoms with Gasteiger partial charge in [-0.25, -0.2) is 22.6 Å². The van der Waals surface area contributed by atoms with Gasteiger partial charge < -0.3 is 9.64 Å². The van der Waals surface area contributed by atoms with Crippen LogP contribution >= 0.6 is 27.3 Å². The molecule has 218 valence electrons. The summed E-state index contributed by atoms with van der Waals surface area (Å²) in [5.74, 6) is -0.925. The molecule has 4 aromatic rings. The van der Waals surface area contributed by atoms with E-state index in [1.807, 2.05) is 18.2 Å². The molecule has 1 saturated heterocycles. The topological polar surface area (TPSA) is 112 Å². The van der Waals surface area contributed by atoms with Crippen molar-refractivity contribution in [3.05, 3.63) is 88.1 Å². The van der Waals surface area contributed by atoms with Gasteiger partial charge >= 0.3 is 6.09 Å². The molecule has 1 fully saturated rings. The van der Waals surface area contributed by atoms with E-state index in [4.69, 9.17) is 4.74 Å². The van der Waals surface area contributed by atoms with E-state index >= 15 is 0 Å². The molecule has 3 aromatic carbocycles. The van der Waals surface area contributed by atoms with E-state index in [1.54, 1.807) is 6.92 Å². The van der Waals surface area contributed by atoms with Crippen molar-refractivity contribution >= 4 is 70.9 Å². The number of piperazine rings is 1. The largest absolute Gasteiger partial charge is 0.450 e. The highest BCUT2D eigenvalue weighted by molar-refractivity contribution is 9.10. The fourth-order valence-electron chi connectivity index (χ4n) is 4.21. The third-order valence-electron chi connectivity index (χ3n) is 6.41. The average molecular weight is 675 g/mol. The number of carbonyl (C=O) groups is 2. The molecule has 14 heteroatoms. The fourth-order valence-corrected chi connectivity index (χ4v) is 7.10. The lowest BCUT2D eigenvalue weighted by molar-refractivity contribution is 0.0933. The van der Waals surface area contributed by atoms with E-state index in [0.717, 1.165) is 14.2 Å². The van der Waals surface area contributed by atoms with E-state index < -0.39 is 27.8 Å². The number of halogens is 2. The molecule has 0 saturated carbocycles. The number of benzene rings is 3. The number of aromatic nitrogens is 1. The normalized spacial score (nSPS) is 14.4. The predicted molar refractivity (Wildman–Crippen MR) is 162 cm³/mol. The third kappa shape index (κ3) is 6.51. The van der Waals surface area contributed by atoms with Crippen LogP contribution in [0.25, 0.3) is 10.2 Å². The standard InChI is InChI=1S/C28H25BrFN5O5S2/c1-2-40-28(37)33-13-15-34(16-14-33)42(38,39)23-10-5-20(6-11-23)26(36)35(31-18-19-3-8-22(30)9-4-19)27-32-24-12-7-21(29)17-25(24)41-27/h3-12,17-18H,2,13-16H2,1H3/b31-18+. The smallest absolute Gasteiger partial charge is 0.409 e. The molecular weight excluding hydrogens is 649 g/mol. The number of thiazole rings is 1. The van der Waals surface area contributed by atoms with Crippen LogP contribution in [0.4, 0.5) is 14.3 Å². The van der Waals surface area contributed by atoms with Crippen molar-refractivity contribution in [2.24, 2.45) is 5.10 Å². The Morgan fingerprint density at radius 1 is 1.07 bits per heavy atom. The lowest BCUT2D eigenvalue weighted by atomic mass is 10.2. The second-order valence-corrected chi connectivity index (χ2v) is 13.0. The number of fused-ring (bicyclic) bond motifs is 1. The molecule has 0 radical (unpaired) electrons. The molecule has 10 nitrogen and oxygen atoms in total. The fraction of sp³-hybridized carbons (Fsp3) is 0.214. The lowest BCUT2D eigenvalue weighted by Crippen LogP contribution is -2.50. The molecule has 2 amide bonds. The van der Waals surface area contributed by atoms with Gasteiger partial charge in [0.2, 0.25) is 15.2 Å². The molecule has 1 aliphatic heterocycles. The van der Waals surface area contributed by atoms with Crippen LogP contribution in [0, 0.1) is 5.82 Å². The molecule has 2 heterocycles. The number of anilines is 1. The monoisotopic (exact) mass is 673 g/mol. The summed E-state index contributed by atoms with van der Waals surface area (Å²) < 4.78 is 47.9. The molecule has 42 heavy (non-hydrogen) atoms. The summed E-state index contributed by atoms with van der Waals surface area (Å²) in [6, 6.07) is 16.8. The zero-order valence-corrected chi connectivity index (χ0v) is 25.5. The molecule has 0 atom stereocenters. The minimum Gasteiger partial charge on any atom is -0.450 e. The Morgan fingerprint density at radius 2 is 1.76 bits per heavy atom. The summed E-state index contributed by atoms with van der Waals surface area (Å²) >= 11 is 4.70. The summed E-state index contributed by atoms with van der Waals surface area (Å²) in [5, 5.41) is 5.82. The Balaban J connectivity index is 1.38. The van der Waals surface area contributed by atoms with E-state index in [1.165, 1.54) is 75.3 Å². The van der Waals surface area contributed by atoms with Gasteiger partial charge in [-0.05, 0) is 67.1 Å². The van der Waals surface area contributed by atoms with Gasteiger partial charge in [0, 0.05) is 36.2 Å². The van der Waals surface area contributed by atoms with E-state index in [0.29, 0.717) is 16.2 Å². The summed E-state index contributed by atoms with van der Waals surface area (Å²) in [4.78, 5) is 31.7. The van der Waals surface area contributed by atoms with Crippen LogP contribution in [0.3, 0.4) is 0 Å². The molecule has 1 aliphatic rings. The number of nitrogens with zero attached hydrogens (tertiary/aromatic N) is 5. The van der Waals surface area contributed by atoms with E-state index in [9.17, 15) is 22.4 Å². The molecular formula is C28H25BrFN5O5S2. The summed E-state index contributed by atoms with van der Waals surface area (Å²) in [6.07, 6.45) is 0.957. The Morgan fingerprint density at radius 3 is 2.43 bits per heavy atom. The van der Waals surface area contributed by atoms with Crippen LogP contribution in [0.15, 0.2) is 81.2 Å². The third-order valence-corrected chi connectivity index (χ3v) is 9.81. The van der Waals surface area contributed by atoms with Crippen LogP contribution in [0.1, 0.15) is 22.8 Å². The van der Waals surface area contributed by atoms with Gasteiger partial charge in [0.05, 0.1) is 27.9 Å². The first kappa shape index (κ1) is 29.8. The van der Waals surface area contributed by atoms with Crippen LogP contribution in [0.5, 0.6) is 0 Å². The zero-order chi connectivity index (χ0) is 29.9. The zero-order valence-electron chi connectivity index (χ0n) is 22.3. The maximum Gasteiger partial charge on any atom is 0.409 e. The molecule has 5 rings (SSSR count). The number of hydrazone groups is 1. The number of ether oxygens (including phenoxy) is 1. The van der Waals surface area contributed by atoms with Gasteiger partial charge in [0.15, 0.2) is 0 Å². The van der Waals surface area contributed by atoms with Crippen molar-refractivity contribution in [2.75, 3.05) is 37.8 Å². The van der Waals surface area contributed by atoms with E-state index in [2.05, 4.69) is 26.0 Å². The lowest BCUT2D eigenvalue weighted by Gasteiger charge is -2.33. The second-order valence-electron chi connectivity index (χ2n) is 9.14. The van der Waals surface area contributed by atoms with Crippen molar-refractivity contribution in [1.29, 1.82) is 0 Å². The van der Waals surface area contributed by atoms with Crippen molar-refractivity contribution < 1.29 is 27.1 Å². The number of sulfonamides is 1. The van der Waals surface area contributed by atoms with Crippen LogP contribution < -0.4 is 5.01 Å². The first-order chi connectivity index (χ1) is 20.2. The van der Waals surface area contributed by atoms with Crippen LogP contribution in [0.2, 0.25) is 0 Å². The van der Waals surface area contributed by atoms with Crippen molar-refractivity contribution in [1.82, 2.24) is 14.2 Å². The van der Waals surface area contributed by atoms with Gasteiger partial charge in [0.25, 0.3) is 5.91 Å².